The predicted molar refractivity (Wildman–Crippen MR) is 144 cm³/mol. The Hall–Kier alpha value is -4.11. The molecule has 0 saturated heterocycles. The number of imide groups is 1. The molecule has 182 valence electrons. The number of thioether (sulfide) groups is 1. The summed E-state index contributed by atoms with van der Waals surface area (Å²) in [5.74, 6) is -0.477. The lowest BCUT2D eigenvalue weighted by atomic mass is 10.1. The Morgan fingerprint density at radius 2 is 1.67 bits per heavy atom. The zero-order chi connectivity index (χ0) is 25.4. The predicted octanol–water partition coefficient (Wildman–Crippen LogP) is 4.45. The van der Waals surface area contributed by atoms with Crippen molar-refractivity contribution in [3.63, 3.8) is 0 Å². The van der Waals surface area contributed by atoms with E-state index >= 15 is 0 Å². The molecule has 0 aliphatic carbocycles. The van der Waals surface area contributed by atoms with Gasteiger partial charge in [-0.2, -0.15) is 0 Å². The summed E-state index contributed by atoms with van der Waals surface area (Å²) >= 11 is 1.13. The highest BCUT2D eigenvalue weighted by atomic mass is 32.2. The molecule has 0 radical (unpaired) electrons. The van der Waals surface area contributed by atoms with Crippen LogP contribution in [-0.2, 0) is 11.3 Å². The Labute approximate surface area is 211 Å². The van der Waals surface area contributed by atoms with Gasteiger partial charge in [0.2, 0.25) is 5.91 Å². The first kappa shape index (κ1) is 23.6. The Morgan fingerprint density at radius 1 is 0.972 bits per heavy atom. The van der Waals surface area contributed by atoms with Gasteiger partial charge < -0.3 is 9.88 Å². The van der Waals surface area contributed by atoms with Crippen molar-refractivity contribution in [3.05, 3.63) is 77.1 Å². The Bertz CT molecular complexity index is 1710. The maximum atomic E-state index is 13.7. The maximum absolute atomic E-state index is 13.7. The van der Waals surface area contributed by atoms with Gasteiger partial charge in [-0.05, 0) is 50.2 Å². The summed E-state index contributed by atoms with van der Waals surface area (Å²) in [4.78, 5) is 42.7. The van der Waals surface area contributed by atoms with Crippen LogP contribution in [0, 0.1) is 0 Å². The minimum absolute atomic E-state index is 0.222. The van der Waals surface area contributed by atoms with Crippen molar-refractivity contribution in [2.45, 2.75) is 30.8 Å². The van der Waals surface area contributed by atoms with Crippen molar-refractivity contribution in [2.24, 2.45) is 0 Å². The third-order valence-corrected chi connectivity index (χ3v) is 7.24. The molecule has 2 aromatic heterocycles. The third kappa shape index (κ3) is 4.01. The first-order valence-electron chi connectivity index (χ1n) is 11.6. The molecule has 8 nitrogen and oxygen atoms in total. The number of carbonyl (C=O) groups is 2. The summed E-state index contributed by atoms with van der Waals surface area (Å²) in [6.45, 7) is 4.60. The van der Waals surface area contributed by atoms with Gasteiger partial charge in [-0.3, -0.25) is 19.5 Å². The zero-order valence-electron chi connectivity index (χ0n) is 20.1. The summed E-state index contributed by atoms with van der Waals surface area (Å²) in [5, 5.41) is 6.98. The van der Waals surface area contributed by atoms with Crippen molar-refractivity contribution < 1.29 is 9.59 Å². The maximum Gasteiger partial charge on any atom is 0.321 e. The number of nitrogens with zero attached hydrogens (tertiary/aromatic N) is 3. The molecule has 0 bridgehead atoms. The van der Waals surface area contributed by atoms with Gasteiger partial charge in [0, 0.05) is 35.4 Å². The van der Waals surface area contributed by atoms with Crippen LogP contribution in [0.15, 0.2) is 76.7 Å². The van der Waals surface area contributed by atoms with Crippen LogP contribution in [0.2, 0.25) is 0 Å². The van der Waals surface area contributed by atoms with Crippen LogP contribution in [-0.4, -0.2) is 38.4 Å². The minimum atomic E-state index is -0.674. The highest BCUT2D eigenvalue weighted by Gasteiger charge is 2.22. The molecule has 9 heteroatoms. The molecule has 0 aliphatic heterocycles. The lowest BCUT2D eigenvalue weighted by Gasteiger charge is -2.16. The number of aryl methyl sites for hydroxylation is 1. The highest BCUT2D eigenvalue weighted by Crippen LogP contribution is 2.32. The van der Waals surface area contributed by atoms with Gasteiger partial charge in [-0.1, -0.05) is 42.1 Å². The van der Waals surface area contributed by atoms with Crippen molar-refractivity contribution in [1.29, 1.82) is 0 Å². The molecule has 1 unspecified atom stereocenters. The van der Waals surface area contributed by atoms with Crippen LogP contribution in [0.3, 0.4) is 0 Å². The van der Waals surface area contributed by atoms with Gasteiger partial charge in [0.1, 0.15) is 0 Å². The lowest BCUT2D eigenvalue weighted by Crippen LogP contribution is -2.41. The molecular weight excluding hydrogens is 474 g/mol. The highest BCUT2D eigenvalue weighted by molar-refractivity contribution is 8.00. The minimum Gasteiger partial charge on any atom is -0.341 e. The standard InChI is InChI=1S/C27H25N5O3S/c1-4-31-22-12-8-6-9-18(22)20-15-17(13-14-23(20)31)32-25(34)19-10-5-7-11-21(19)29-27(32)36-16(2)24(33)30-26(35)28-3/h5-16H,4H2,1-3H3,(H2,28,30,33,35). The lowest BCUT2D eigenvalue weighted by molar-refractivity contribution is -0.119. The van der Waals surface area contributed by atoms with E-state index in [1.165, 1.54) is 7.05 Å². The molecule has 2 heterocycles. The summed E-state index contributed by atoms with van der Waals surface area (Å²) in [6, 6.07) is 20.7. The number of nitrogens with one attached hydrogen (secondary N) is 2. The van der Waals surface area contributed by atoms with E-state index in [4.69, 9.17) is 4.98 Å². The molecule has 1 atom stereocenters. The van der Waals surface area contributed by atoms with Crippen molar-refractivity contribution in [1.82, 2.24) is 24.8 Å². The number of hydrogen-bond donors (Lipinski definition) is 2. The number of amides is 3. The zero-order valence-corrected chi connectivity index (χ0v) is 20.9. The number of fused-ring (bicyclic) bond motifs is 4. The van der Waals surface area contributed by atoms with E-state index < -0.39 is 17.2 Å². The Balaban J connectivity index is 1.70. The third-order valence-electron chi connectivity index (χ3n) is 6.19. The van der Waals surface area contributed by atoms with Gasteiger partial charge in [-0.25, -0.2) is 9.78 Å². The van der Waals surface area contributed by atoms with E-state index in [0.29, 0.717) is 21.7 Å². The van der Waals surface area contributed by atoms with E-state index in [0.717, 1.165) is 40.1 Å². The summed E-state index contributed by atoms with van der Waals surface area (Å²) < 4.78 is 3.80. The molecule has 0 aliphatic rings. The monoisotopic (exact) mass is 499 g/mol. The Kier molecular flexibility index (Phi) is 6.24. The van der Waals surface area contributed by atoms with Crippen LogP contribution < -0.4 is 16.2 Å². The molecule has 0 spiro atoms. The molecule has 2 N–H and O–H groups in total. The van der Waals surface area contributed by atoms with Crippen LogP contribution in [0.4, 0.5) is 4.79 Å². The SMILES string of the molecule is CCn1c2ccccc2c2cc(-n3c(SC(C)C(=O)NC(=O)NC)nc4ccccc4c3=O)ccc21. The van der Waals surface area contributed by atoms with Crippen molar-refractivity contribution in [2.75, 3.05) is 7.05 Å². The molecule has 5 aromatic rings. The fraction of sp³-hybridized carbons (Fsp3) is 0.185. The topological polar surface area (TPSA) is 98.0 Å². The fourth-order valence-electron chi connectivity index (χ4n) is 4.43. The average molecular weight is 500 g/mol. The van der Waals surface area contributed by atoms with E-state index in [2.05, 4.69) is 34.3 Å². The van der Waals surface area contributed by atoms with Crippen LogP contribution in [0.25, 0.3) is 38.4 Å². The molecular formula is C27H25N5O3S. The average Bonchev–Trinajstić information content (AvgIpc) is 3.21. The van der Waals surface area contributed by atoms with Crippen molar-refractivity contribution >= 4 is 56.4 Å². The smallest absolute Gasteiger partial charge is 0.321 e. The second-order valence-corrected chi connectivity index (χ2v) is 9.65. The number of urea groups is 1. The number of para-hydroxylation sites is 2. The number of aromatic nitrogens is 3. The van der Waals surface area contributed by atoms with Crippen LogP contribution >= 0.6 is 11.8 Å². The van der Waals surface area contributed by atoms with E-state index in [9.17, 15) is 14.4 Å². The van der Waals surface area contributed by atoms with Crippen molar-refractivity contribution in [3.8, 4) is 5.69 Å². The molecule has 36 heavy (non-hydrogen) atoms. The van der Waals surface area contributed by atoms with E-state index in [1.54, 1.807) is 29.7 Å². The van der Waals surface area contributed by atoms with Crippen LogP contribution in [0.5, 0.6) is 0 Å². The van der Waals surface area contributed by atoms with Gasteiger partial charge in [0.15, 0.2) is 5.16 Å². The summed E-state index contributed by atoms with van der Waals surface area (Å²) in [5.41, 5.74) is 3.19. The molecule has 3 amide bonds. The molecule has 0 fully saturated rings. The molecule has 0 saturated carbocycles. The normalized spacial score (nSPS) is 12.2. The van der Waals surface area contributed by atoms with Gasteiger partial charge >= 0.3 is 6.03 Å². The fourth-order valence-corrected chi connectivity index (χ4v) is 5.36. The first-order chi connectivity index (χ1) is 17.4. The van der Waals surface area contributed by atoms with Gasteiger partial charge in [0.25, 0.3) is 5.56 Å². The summed E-state index contributed by atoms with van der Waals surface area (Å²) in [6.07, 6.45) is 0. The molecule has 3 aromatic carbocycles. The first-order valence-corrected chi connectivity index (χ1v) is 12.5. The van der Waals surface area contributed by atoms with Crippen LogP contribution in [0.1, 0.15) is 13.8 Å². The number of rotatable bonds is 5. The molecule has 5 rings (SSSR count). The van der Waals surface area contributed by atoms with Gasteiger partial charge in [-0.15, -0.1) is 0 Å². The van der Waals surface area contributed by atoms with E-state index in [-0.39, 0.29) is 5.56 Å². The second kappa shape index (κ2) is 9.50. The number of benzene rings is 3. The second-order valence-electron chi connectivity index (χ2n) is 8.34. The van der Waals surface area contributed by atoms with E-state index in [1.807, 2.05) is 36.4 Å². The quantitative estimate of drug-likeness (QED) is 0.275. The number of carbonyl (C=O) groups excluding carboxylic acids is 2. The Morgan fingerprint density at radius 3 is 2.42 bits per heavy atom. The summed E-state index contributed by atoms with van der Waals surface area (Å²) in [7, 11) is 1.44. The van der Waals surface area contributed by atoms with Gasteiger partial charge in [0.05, 0.1) is 21.8 Å². The number of hydrogen-bond acceptors (Lipinski definition) is 5. The largest absolute Gasteiger partial charge is 0.341 e.